The van der Waals surface area contributed by atoms with Crippen molar-refractivity contribution in [1.82, 2.24) is 0 Å². The lowest BCUT2D eigenvalue weighted by Gasteiger charge is -1.96. The molecule has 0 amide bonds. The lowest BCUT2D eigenvalue weighted by Crippen LogP contribution is -1.98. The quantitative estimate of drug-likeness (QED) is 0.490. The van der Waals surface area contributed by atoms with Gasteiger partial charge in [0.2, 0.25) is 0 Å². The summed E-state index contributed by atoms with van der Waals surface area (Å²) in [6, 6.07) is 0. The highest BCUT2D eigenvalue weighted by atomic mass is 16.5. The van der Waals surface area contributed by atoms with Crippen LogP contribution in [0.4, 0.5) is 0 Å². The normalized spacial score (nSPS) is 8.14. The molecular formula is C12H16O2. The van der Waals surface area contributed by atoms with E-state index in [-0.39, 0.29) is 5.78 Å². The zero-order valence-corrected chi connectivity index (χ0v) is 8.85. The van der Waals surface area contributed by atoms with Crippen molar-refractivity contribution in [3.63, 3.8) is 0 Å². The molecule has 0 atom stereocenters. The molecule has 0 aromatic rings. The molecule has 0 aromatic carbocycles. The predicted octanol–water partition coefficient (Wildman–Crippen LogP) is 1.79. The Balaban J connectivity index is 3.27. The Bertz CT molecular complexity index is 270. The molecule has 0 aliphatic carbocycles. The average Bonchev–Trinajstić information content (AvgIpc) is 2.15. The maximum atomic E-state index is 10.5. The van der Waals surface area contributed by atoms with Gasteiger partial charge in [-0.2, -0.15) is 0 Å². The number of Topliss-reactive ketones (excluding diaryl/α,β-unsaturated/α-hetero) is 1. The van der Waals surface area contributed by atoms with Gasteiger partial charge in [-0.3, -0.25) is 0 Å². The fraction of sp³-hybridized carbons (Fsp3) is 0.583. The van der Waals surface area contributed by atoms with Crippen molar-refractivity contribution in [2.24, 2.45) is 0 Å². The number of rotatable bonds is 5. The summed E-state index contributed by atoms with van der Waals surface area (Å²) < 4.78 is 5.17. The summed E-state index contributed by atoms with van der Waals surface area (Å²) in [4.78, 5) is 10.5. The molecule has 76 valence electrons. The van der Waals surface area contributed by atoms with E-state index in [1.807, 2.05) is 6.92 Å². The minimum atomic E-state index is 0.202. The Morgan fingerprint density at radius 1 is 1.29 bits per heavy atom. The van der Waals surface area contributed by atoms with Crippen LogP contribution < -0.4 is 0 Å². The molecule has 0 heterocycles. The highest BCUT2D eigenvalue weighted by Gasteiger charge is 1.91. The number of hydrogen-bond acceptors (Lipinski definition) is 2. The van der Waals surface area contributed by atoms with E-state index in [9.17, 15) is 4.79 Å². The Labute approximate surface area is 86.0 Å². The van der Waals surface area contributed by atoms with Gasteiger partial charge in [-0.05, 0) is 25.2 Å². The first-order valence-corrected chi connectivity index (χ1v) is 4.80. The van der Waals surface area contributed by atoms with E-state index in [0.29, 0.717) is 19.6 Å². The third-order valence-corrected chi connectivity index (χ3v) is 1.41. The fourth-order valence-corrected chi connectivity index (χ4v) is 0.759. The second-order valence-corrected chi connectivity index (χ2v) is 2.82. The first-order chi connectivity index (χ1) is 6.77. The first-order valence-electron chi connectivity index (χ1n) is 4.80. The van der Waals surface area contributed by atoms with Gasteiger partial charge in [0.15, 0.2) is 0 Å². The van der Waals surface area contributed by atoms with Crippen LogP contribution in [0.15, 0.2) is 0 Å². The van der Waals surface area contributed by atoms with Crippen LogP contribution in [-0.2, 0) is 9.53 Å². The molecule has 0 fully saturated rings. The molecule has 0 aromatic heterocycles. The zero-order valence-electron chi connectivity index (χ0n) is 8.85. The molecule has 2 nitrogen and oxygen atoms in total. The van der Waals surface area contributed by atoms with Crippen LogP contribution >= 0.6 is 0 Å². The van der Waals surface area contributed by atoms with Gasteiger partial charge in [0.05, 0.1) is 0 Å². The topological polar surface area (TPSA) is 26.3 Å². The standard InChI is InChI=1S/C12H16O2/c1-3-4-5-6-7-10-14-11-8-9-12(2)13/h3,8-11H2,1-2H3. The van der Waals surface area contributed by atoms with E-state index in [4.69, 9.17) is 4.74 Å². The monoisotopic (exact) mass is 192 g/mol. The SMILES string of the molecule is CCC#CC#CCOCCCC(C)=O. The number of carbonyl (C=O) groups excluding carboxylic acids is 1. The number of carbonyl (C=O) groups is 1. The summed E-state index contributed by atoms with van der Waals surface area (Å²) in [6.45, 7) is 4.55. The molecule has 0 rings (SSSR count). The van der Waals surface area contributed by atoms with Crippen molar-refractivity contribution in [2.45, 2.75) is 33.1 Å². The maximum absolute atomic E-state index is 10.5. The lowest BCUT2D eigenvalue weighted by atomic mass is 10.2. The summed E-state index contributed by atoms with van der Waals surface area (Å²) in [7, 11) is 0. The second kappa shape index (κ2) is 9.84. The van der Waals surface area contributed by atoms with Crippen molar-refractivity contribution in [3.05, 3.63) is 0 Å². The third kappa shape index (κ3) is 10.8. The van der Waals surface area contributed by atoms with Gasteiger partial charge in [0, 0.05) is 19.4 Å². The summed E-state index contributed by atoms with van der Waals surface area (Å²) in [5, 5.41) is 0. The maximum Gasteiger partial charge on any atom is 0.129 e. The molecular weight excluding hydrogens is 176 g/mol. The summed E-state index contributed by atoms with van der Waals surface area (Å²) >= 11 is 0. The molecule has 14 heavy (non-hydrogen) atoms. The Morgan fingerprint density at radius 3 is 2.64 bits per heavy atom. The van der Waals surface area contributed by atoms with Crippen LogP contribution in [0.3, 0.4) is 0 Å². The molecule has 0 radical (unpaired) electrons. The molecule has 0 aliphatic rings. The van der Waals surface area contributed by atoms with Gasteiger partial charge in [0.25, 0.3) is 0 Å². The van der Waals surface area contributed by atoms with Crippen LogP contribution in [-0.4, -0.2) is 19.0 Å². The van der Waals surface area contributed by atoms with E-state index in [0.717, 1.165) is 12.8 Å². The molecule has 0 saturated heterocycles. The molecule has 2 heteroatoms. The van der Waals surface area contributed by atoms with Crippen molar-refractivity contribution in [3.8, 4) is 23.7 Å². The van der Waals surface area contributed by atoms with E-state index >= 15 is 0 Å². The number of ether oxygens (including phenoxy) is 1. The molecule has 0 saturated carbocycles. The summed E-state index contributed by atoms with van der Waals surface area (Å²) in [5.41, 5.74) is 0. The second-order valence-electron chi connectivity index (χ2n) is 2.82. The Kier molecular flexibility index (Phi) is 8.96. The van der Waals surface area contributed by atoms with E-state index in [2.05, 4.69) is 23.7 Å². The smallest absolute Gasteiger partial charge is 0.129 e. The largest absolute Gasteiger partial charge is 0.369 e. The first kappa shape index (κ1) is 12.8. The van der Waals surface area contributed by atoms with Crippen LogP contribution in [0.25, 0.3) is 0 Å². The van der Waals surface area contributed by atoms with Crippen LogP contribution in [0.1, 0.15) is 33.1 Å². The van der Waals surface area contributed by atoms with Crippen LogP contribution in [0.2, 0.25) is 0 Å². The van der Waals surface area contributed by atoms with Gasteiger partial charge < -0.3 is 9.53 Å². The molecule has 0 N–H and O–H groups in total. The fourth-order valence-electron chi connectivity index (χ4n) is 0.759. The van der Waals surface area contributed by atoms with E-state index in [1.165, 1.54) is 0 Å². The van der Waals surface area contributed by atoms with Crippen LogP contribution in [0.5, 0.6) is 0 Å². The Hall–Kier alpha value is -1.25. The summed E-state index contributed by atoms with van der Waals surface area (Å²) in [5.74, 6) is 11.2. The average molecular weight is 192 g/mol. The van der Waals surface area contributed by atoms with E-state index in [1.54, 1.807) is 6.92 Å². The van der Waals surface area contributed by atoms with Gasteiger partial charge in [0.1, 0.15) is 12.4 Å². The molecule has 0 spiro atoms. The highest BCUT2D eigenvalue weighted by molar-refractivity contribution is 5.75. The minimum absolute atomic E-state index is 0.202. The Morgan fingerprint density at radius 2 is 2.00 bits per heavy atom. The van der Waals surface area contributed by atoms with Gasteiger partial charge in [-0.25, -0.2) is 0 Å². The van der Waals surface area contributed by atoms with Gasteiger partial charge in [-0.15, -0.1) is 0 Å². The number of hydrogen-bond donors (Lipinski definition) is 0. The third-order valence-electron chi connectivity index (χ3n) is 1.41. The highest BCUT2D eigenvalue weighted by Crippen LogP contribution is 1.90. The summed E-state index contributed by atoms with van der Waals surface area (Å²) in [6.07, 6.45) is 2.19. The molecule has 0 aliphatic heterocycles. The minimum Gasteiger partial charge on any atom is -0.369 e. The van der Waals surface area contributed by atoms with Crippen LogP contribution in [0, 0.1) is 23.7 Å². The van der Waals surface area contributed by atoms with Gasteiger partial charge in [-0.1, -0.05) is 18.8 Å². The van der Waals surface area contributed by atoms with E-state index < -0.39 is 0 Å². The van der Waals surface area contributed by atoms with Crippen molar-refractivity contribution >= 4 is 5.78 Å². The van der Waals surface area contributed by atoms with Crippen molar-refractivity contribution in [2.75, 3.05) is 13.2 Å². The zero-order chi connectivity index (χ0) is 10.6. The number of ketones is 1. The van der Waals surface area contributed by atoms with Gasteiger partial charge >= 0.3 is 0 Å². The van der Waals surface area contributed by atoms with Crippen molar-refractivity contribution < 1.29 is 9.53 Å². The molecule has 0 unspecified atom stereocenters. The predicted molar refractivity (Wildman–Crippen MR) is 56.6 cm³/mol. The lowest BCUT2D eigenvalue weighted by molar-refractivity contribution is -0.117. The molecule has 0 bridgehead atoms. The van der Waals surface area contributed by atoms with Crippen molar-refractivity contribution in [1.29, 1.82) is 0 Å².